The van der Waals surface area contributed by atoms with Crippen LogP contribution in [0.3, 0.4) is 0 Å². The summed E-state index contributed by atoms with van der Waals surface area (Å²) in [5.41, 5.74) is 0.667. The van der Waals surface area contributed by atoms with Crippen LogP contribution < -0.4 is 5.32 Å². The van der Waals surface area contributed by atoms with Crippen LogP contribution in [0.2, 0.25) is 0 Å². The summed E-state index contributed by atoms with van der Waals surface area (Å²) < 4.78 is 11.7. The van der Waals surface area contributed by atoms with Crippen LogP contribution in [0, 0.1) is 0 Å². The monoisotopic (exact) mass is 332 g/mol. The van der Waals surface area contributed by atoms with Crippen molar-refractivity contribution in [2.45, 2.75) is 50.9 Å². The number of nitrogens with zero attached hydrogens (tertiary/aromatic N) is 1. The van der Waals surface area contributed by atoms with Crippen LogP contribution >= 0.6 is 0 Å². The van der Waals surface area contributed by atoms with E-state index in [0.717, 1.165) is 19.4 Å². The van der Waals surface area contributed by atoms with E-state index in [0.29, 0.717) is 19.7 Å². The molecule has 3 rings (SSSR count). The van der Waals surface area contributed by atoms with Gasteiger partial charge in [-0.2, -0.15) is 0 Å². The molecule has 0 unspecified atom stereocenters. The lowest BCUT2D eigenvalue weighted by Gasteiger charge is -2.46. The number of carbonyl (C=O) groups excluding carboxylic acids is 1. The molecule has 5 heteroatoms. The molecule has 1 atom stereocenters. The number of hydrogen-bond acceptors (Lipinski definition) is 4. The van der Waals surface area contributed by atoms with Gasteiger partial charge in [-0.1, -0.05) is 30.3 Å². The number of benzene rings is 1. The van der Waals surface area contributed by atoms with Crippen molar-refractivity contribution in [3.05, 3.63) is 35.9 Å². The summed E-state index contributed by atoms with van der Waals surface area (Å²) in [5.74, 6) is 0. The largest absolute Gasteiger partial charge is 0.444 e. The highest BCUT2D eigenvalue weighted by atomic mass is 16.6. The molecule has 24 heavy (non-hydrogen) atoms. The van der Waals surface area contributed by atoms with Gasteiger partial charge in [-0.25, -0.2) is 4.79 Å². The molecule has 2 heterocycles. The van der Waals surface area contributed by atoms with Gasteiger partial charge < -0.3 is 19.7 Å². The Morgan fingerprint density at radius 2 is 1.92 bits per heavy atom. The second-order valence-electron chi connectivity index (χ2n) is 7.81. The number of carbonyl (C=O) groups is 1. The second-order valence-corrected chi connectivity index (χ2v) is 7.81. The Bertz CT molecular complexity index is 550. The van der Waals surface area contributed by atoms with Crippen molar-refractivity contribution in [3.8, 4) is 0 Å². The first-order valence-corrected chi connectivity index (χ1v) is 8.77. The topological polar surface area (TPSA) is 50.8 Å². The van der Waals surface area contributed by atoms with E-state index in [4.69, 9.17) is 9.47 Å². The molecule has 1 aromatic rings. The van der Waals surface area contributed by atoms with Crippen LogP contribution in [0.15, 0.2) is 30.3 Å². The number of piperidine rings is 1. The van der Waals surface area contributed by atoms with Crippen LogP contribution in [0.1, 0.15) is 45.2 Å². The predicted octanol–water partition coefficient (Wildman–Crippen LogP) is 3.12. The lowest BCUT2D eigenvalue weighted by molar-refractivity contribution is -0.113. The van der Waals surface area contributed by atoms with Gasteiger partial charge in [-0.05, 0) is 39.2 Å². The molecular formula is C19H28N2O3. The SMILES string of the molecule is CC(C)(C)OC(=O)N1CCC2(CC1)CN[C@H](c1ccccc1)CO2. The molecule has 2 fully saturated rings. The van der Waals surface area contributed by atoms with Crippen molar-refractivity contribution in [2.75, 3.05) is 26.2 Å². The molecule has 5 nitrogen and oxygen atoms in total. The van der Waals surface area contributed by atoms with Crippen LogP contribution in [-0.2, 0) is 9.47 Å². The standard InChI is InChI=1S/C19H28N2O3/c1-18(2,3)24-17(22)21-11-9-19(10-12-21)14-20-16(13-23-19)15-7-5-4-6-8-15/h4-8,16,20H,9-14H2,1-3H3/t16-/m0/s1. The number of hydrogen-bond donors (Lipinski definition) is 1. The van der Waals surface area contributed by atoms with E-state index < -0.39 is 5.60 Å². The first-order valence-electron chi connectivity index (χ1n) is 8.77. The Labute approximate surface area is 144 Å². The van der Waals surface area contributed by atoms with E-state index in [1.54, 1.807) is 4.90 Å². The fraction of sp³-hybridized carbons (Fsp3) is 0.632. The first kappa shape index (κ1) is 17.2. The molecule has 1 amide bonds. The summed E-state index contributed by atoms with van der Waals surface area (Å²) in [6, 6.07) is 10.7. The van der Waals surface area contributed by atoms with E-state index in [1.807, 2.05) is 26.8 Å². The fourth-order valence-corrected chi connectivity index (χ4v) is 3.32. The zero-order chi connectivity index (χ0) is 17.2. The summed E-state index contributed by atoms with van der Waals surface area (Å²) in [6.45, 7) is 8.57. The quantitative estimate of drug-likeness (QED) is 0.858. The van der Waals surface area contributed by atoms with Crippen molar-refractivity contribution in [1.82, 2.24) is 10.2 Å². The third-order valence-corrected chi connectivity index (χ3v) is 4.76. The Hall–Kier alpha value is -1.59. The van der Waals surface area contributed by atoms with Gasteiger partial charge in [0.25, 0.3) is 0 Å². The molecule has 0 radical (unpaired) electrons. The fourth-order valence-electron chi connectivity index (χ4n) is 3.32. The van der Waals surface area contributed by atoms with E-state index in [9.17, 15) is 4.79 Å². The van der Waals surface area contributed by atoms with Crippen molar-refractivity contribution < 1.29 is 14.3 Å². The molecule has 0 aromatic heterocycles. The van der Waals surface area contributed by atoms with Crippen molar-refractivity contribution in [1.29, 1.82) is 0 Å². The van der Waals surface area contributed by atoms with Gasteiger partial charge >= 0.3 is 6.09 Å². The molecule has 2 aliphatic rings. The second kappa shape index (κ2) is 6.73. The number of likely N-dealkylation sites (tertiary alicyclic amines) is 1. The van der Waals surface area contributed by atoms with Crippen LogP contribution in [0.25, 0.3) is 0 Å². The minimum absolute atomic E-state index is 0.149. The maximum absolute atomic E-state index is 12.2. The van der Waals surface area contributed by atoms with Crippen LogP contribution in [0.5, 0.6) is 0 Å². The molecule has 1 spiro atoms. The summed E-state index contributed by atoms with van der Waals surface area (Å²) in [5, 5.41) is 3.62. The van der Waals surface area contributed by atoms with Gasteiger partial charge in [0.1, 0.15) is 5.60 Å². The van der Waals surface area contributed by atoms with E-state index in [2.05, 4.69) is 29.6 Å². The van der Waals surface area contributed by atoms with Gasteiger partial charge in [0.15, 0.2) is 0 Å². The van der Waals surface area contributed by atoms with Gasteiger partial charge in [0.05, 0.1) is 18.2 Å². The molecule has 1 N–H and O–H groups in total. The third kappa shape index (κ3) is 4.08. The predicted molar refractivity (Wildman–Crippen MR) is 92.9 cm³/mol. The minimum atomic E-state index is -0.446. The summed E-state index contributed by atoms with van der Waals surface area (Å²) >= 11 is 0. The smallest absolute Gasteiger partial charge is 0.410 e. The zero-order valence-corrected chi connectivity index (χ0v) is 14.9. The molecule has 132 valence electrons. The highest BCUT2D eigenvalue weighted by Gasteiger charge is 2.41. The molecule has 2 saturated heterocycles. The molecule has 2 aliphatic heterocycles. The molecule has 0 aliphatic carbocycles. The van der Waals surface area contributed by atoms with E-state index >= 15 is 0 Å². The number of nitrogens with one attached hydrogen (secondary N) is 1. The minimum Gasteiger partial charge on any atom is -0.444 e. The number of ether oxygens (including phenoxy) is 2. The number of rotatable bonds is 1. The lowest BCUT2D eigenvalue weighted by atomic mass is 9.89. The zero-order valence-electron chi connectivity index (χ0n) is 14.9. The Kier molecular flexibility index (Phi) is 4.83. The van der Waals surface area contributed by atoms with Gasteiger partial charge in [-0.3, -0.25) is 0 Å². The van der Waals surface area contributed by atoms with Crippen molar-refractivity contribution >= 4 is 6.09 Å². The van der Waals surface area contributed by atoms with E-state index in [-0.39, 0.29) is 17.7 Å². The number of morpholine rings is 1. The maximum Gasteiger partial charge on any atom is 0.410 e. The van der Waals surface area contributed by atoms with Crippen molar-refractivity contribution in [2.24, 2.45) is 0 Å². The van der Waals surface area contributed by atoms with Crippen LogP contribution in [-0.4, -0.2) is 48.4 Å². The molecule has 1 aromatic carbocycles. The van der Waals surface area contributed by atoms with Crippen molar-refractivity contribution in [3.63, 3.8) is 0 Å². The molecule has 0 saturated carbocycles. The van der Waals surface area contributed by atoms with Gasteiger partial charge in [0, 0.05) is 19.6 Å². The summed E-state index contributed by atoms with van der Waals surface area (Å²) in [4.78, 5) is 14.0. The maximum atomic E-state index is 12.2. The normalized spacial score (nSPS) is 24.0. The average molecular weight is 332 g/mol. The van der Waals surface area contributed by atoms with Crippen LogP contribution in [0.4, 0.5) is 4.79 Å². The Morgan fingerprint density at radius 1 is 1.25 bits per heavy atom. The average Bonchev–Trinajstić information content (AvgIpc) is 2.55. The van der Waals surface area contributed by atoms with E-state index in [1.165, 1.54) is 5.56 Å². The highest BCUT2D eigenvalue weighted by Crippen LogP contribution is 2.32. The summed E-state index contributed by atoms with van der Waals surface area (Å²) in [6.07, 6.45) is 1.48. The highest BCUT2D eigenvalue weighted by molar-refractivity contribution is 5.68. The van der Waals surface area contributed by atoms with Gasteiger partial charge in [0.2, 0.25) is 0 Å². The number of amides is 1. The van der Waals surface area contributed by atoms with Gasteiger partial charge in [-0.15, -0.1) is 0 Å². The Morgan fingerprint density at radius 3 is 2.46 bits per heavy atom. The third-order valence-electron chi connectivity index (χ3n) is 4.76. The Balaban J connectivity index is 1.51. The molecular weight excluding hydrogens is 304 g/mol. The summed E-state index contributed by atoms with van der Waals surface area (Å²) in [7, 11) is 0. The first-order chi connectivity index (χ1) is 11.4. The lowest BCUT2D eigenvalue weighted by Crippen LogP contribution is -2.57. The molecule has 0 bridgehead atoms.